The Morgan fingerprint density at radius 1 is 1.35 bits per heavy atom. The first-order valence-electron chi connectivity index (χ1n) is 5.75. The van der Waals surface area contributed by atoms with Crippen molar-refractivity contribution in [3.63, 3.8) is 0 Å². The van der Waals surface area contributed by atoms with Gasteiger partial charge in [-0.05, 0) is 19.8 Å². The zero-order valence-corrected chi connectivity index (χ0v) is 9.89. The van der Waals surface area contributed by atoms with E-state index in [1.807, 2.05) is 0 Å². The number of primary amides is 1. The van der Waals surface area contributed by atoms with Crippen LogP contribution >= 0.6 is 0 Å². The Kier molecular flexibility index (Phi) is 4.48. The van der Waals surface area contributed by atoms with Crippen molar-refractivity contribution in [3.8, 4) is 0 Å². The first-order valence-corrected chi connectivity index (χ1v) is 5.75. The molecule has 1 aliphatic rings. The summed E-state index contributed by atoms with van der Waals surface area (Å²) in [6.45, 7) is 1.13. The molecule has 0 spiro atoms. The third kappa shape index (κ3) is 3.44. The molecule has 1 fully saturated rings. The molecule has 1 saturated carbocycles. The predicted molar refractivity (Wildman–Crippen MR) is 60.0 cm³/mol. The van der Waals surface area contributed by atoms with Crippen LogP contribution in [-0.4, -0.2) is 40.4 Å². The van der Waals surface area contributed by atoms with Crippen molar-refractivity contribution in [2.75, 3.05) is 6.54 Å². The highest BCUT2D eigenvalue weighted by molar-refractivity contribution is 5.98. The van der Waals surface area contributed by atoms with Crippen LogP contribution in [0.4, 0.5) is 0 Å². The molecule has 0 aliphatic heterocycles. The van der Waals surface area contributed by atoms with Crippen molar-refractivity contribution >= 4 is 17.8 Å². The minimum Gasteiger partial charge on any atom is -0.481 e. The Morgan fingerprint density at radius 3 is 2.29 bits per heavy atom. The lowest BCUT2D eigenvalue weighted by Gasteiger charge is -2.29. The van der Waals surface area contributed by atoms with Crippen molar-refractivity contribution in [3.05, 3.63) is 0 Å². The van der Waals surface area contributed by atoms with Crippen LogP contribution in [0.5, 0.6) is 0 Å². The van der Waals surface area contributed by atoms with Gasteiger partial charge in [-0.25, -0.2) is 0 Å². The molecular formula is C11H18N2O4. The summed E-state index contributed by atoms with van der Waals surface area (Å²) in [5, 5.41) is 8.81. The smallest absolute Gasteiger partial charge is 0.315 e. The Hall–Kier alpha value is -1.59. The summed E-state index contributed by atoms with van der Waals surface area (Å²) in [4.78, 5) is 35.0. The van der Waals surface area contributed by atoms with Crippen molar-refractivity contribution in [2.24, 2.45) is 11.7 Å². The minimum atomic E-state index is -1.18. The summed E-state index contributed by atoms with van der Waals surface area (Å²) in [7, 11) is 0. The molecule has 3 N–H and O–H groups in total. The monoisotopic (exact) mass is 242 g/mol. The molecule has 1 atom stereocenters. The van der Waals surface area contributed by atoms with Crippen molar-refractivity contribution in [1.82, 2.24) is 4.90 Å². The van der Waals surface area contributed by atoms with E-state index in [1.54, 1.807) is 0 Å². The number of nitrogens with zero attached hydrogens (tertiary/aromatic N) is 1. The fourth-order valence-corrected chi connectivity index (χ4v) is 2.13. The molecule has 0 aromatic rings. The fraction of sp³-hybridized carbons (Fsp3) is 0.727. The number of nitrogens with two attached hydrogens (primary N) is 1. The molecule has 6 nitrogen and oxygen atoms in total. The number of hydrogen-bond donors (Lipinski definition) is 2. The summed E-state index contributed by atoms with van der Waals surface area (Å²) >= 11 is 0. The zero-order valence-electron chi connectivity index (χ0n) is 9.89. The van der Waals surface area contributed by atoms with Gasteiger partial charge in [0.25, 0.3) is 0 Å². The standard InChI is InChI=1S/C11H18N2O4/c1-7(11(16)17)10(15)13(6-9(12)14)8-4-2-3-5-8/h7-8H,2-6H2,1H3,(H2,12,14)(H,16,17). The number of carboxylic acid groups (broad SMARTS) is 1. The lowest BCUT2D eigenvalue weighted by Crippen LogP contribution is -2.47. The lowest BCUT2D eigenvalue weighted by atomic mass is 10.1. The number of carbonyl (C=O) groups excluding carboxylic acids is 2. The molecule has 17 heavy (non-hydrogen) atoms. The van der Waals surface area contributed by atoms with Gasteiger partial charge in [0.2, 0.25) is 11.8 Å². The number of carboxylic acids is 1. The summed E-state index contributed by atoms with van der Waals surface area (Å²) in [6, 6.07) is -0.0446. The third-order valence-corrected chi connectivity index (χ3v) is 3.12. The van der Waals surface area contributed by atoms with E-state index in [0.717, 1.165) is 25.7 Å². The van der Waals surface area contributed by atoms with Crippen LogP contribution < -0.4 is 5.73 Å². The van der Waals surface area contributed by atoms with Crippen LogP contribution in [0.25, 0.3) is 0 Å². The normalized spacial score (nSPS) is 17.7. The van der Waals surface area contributed by atoms with Gasteiger partial charge in [-0.1, -0.05) is 12.8 Å². The molecule has 0 radical (unpaired) electrons. The van der Waals surface area contributed by atoms with Gasteiger partial charge in [0.1, 0.15) is 5.92 Å². The average molecular weight is 242 g/mol. The van der Waals surface area contributed by atoms with Gasteiger partial charge in [0, 0.05) is 6.04 Å². The van der Waals surface area contributed by atoms with Gasteiger partial charge in [-0.2, -0.15) is 0 Å². The van der Waals surface area contributed by atoms with Gasteiger partial charge in [0.15, 0.2) is 0 Å². The van der Waals surface area contributed by atoms with Gasteiger partial charge in [-0.15, -0.1) is 0 Å². The summed E-state index contributed by atoms with van der Waals surface area (Å²) in [6.07, 6.45) is 3.61. The summed E-state index contributed by atoms with van der Waals surface area (Å²) < 4.78 is 0. The average Bonchev–Trinajstić information content (AvgIpc) is 2.76. The van der Waals surface area contributed by atoms with Crippen LogP contribution in [0.2, 0.25) is 0 Å². The second-order valence-corrected chi connectivity index (χ2v) is 4.43. The molecule has 1 unspecified atom stereocenters. The van der Waals surface area contributed by atoms with Crippen molar-refractivity contribution < 1.29 is 19.5 Å². The van der Waals surface area contributed by atoms with Crippen molar-refractivity contribution in [1.29, 1.82) is 0 Å². The second-order valence-electron chi connectivity index (χ2n) is 4.43. The molecule has 2 amide bonds. The van der Waals surface area contributed by atoms with Gasteiger partial charge < -0.3 is 15.7 Å². The maximum Gasteiger partial charge on any atom is 0.315 e. The van der Waals surface area contributed by atoms with E-state index in [0.29, 0.717) is 0 Å². The highest BCUT2D eigenvalue weighted by Gasteiger charge is 2.33. The van der Waals surface area contributed by atoms with Crippen LogP contribution in [0.15, 0.2) is 0 Å². The number of rotatable bonds is 5. The summed E-state index contributed by atoms with van der Waals surface area (Å²) in [5.74, 6) is -3.44. The van der Waals surface area contributed by atoms with Gasteiger partial charge in [0.05, 0.1) is 6.54 Å². The van der Waals surface area contributed by atoms with E-state index in [-0.39, 0.29) is 12.6 Å². The molecule has 96 valence electrons. The number of hydrogen-bond acceptors (Lipinski definition) is 3. The Labute approximate surface area is 99.8 Å². The topological polar surface area (TPSA) is 101 Å². The molecule has 0 saturated heterocycles. The molecule has 1 rings (SSSR count). The van der Waals surface area contributed by atoms with Crippen LogP contribution in [-0.2, 0) is 14.4 Å². The number of carbonyl (C=O) groups is 3. The van der Waals surface area contributed by atoms with E-state index in [4.69, 9.17) is 10.8 Å². The van der Waals surface area contributed by atoms with Crippen LogP contribution in [0.1, 0.15) is 32.6 Å². The van der Waals surface area contributed by atoms with Gasteiger partial charge >= 0.3 is 5.97 Å². The quantitative estimate of drug-likeness (QED) is 0.661. The molecule has 0 heterocycles. The Bertz CT molecular complexity index is 323. The highest BCUT2D eigenvalue weighted by atomic mass is 16.4. The second kappa shape index (κ2) is 5.65. The van der Waals surface area contributed by atoms with Crippen LogP contribution in [0, 0.1) is 5.92 Å². The molecular weight excluding hydrogens is 224 g/mol. The van der Waals surface area contributed by atoms with Crippen molar-refractivity contribution in [2.45, 2.75) is 38.6 Å². The van der Waals surface area contributed by atoms with E-state index in [2.05, 4.69) is 0 Å². The molecule has 0 aromatic heterocycles. The molecule has 6 heteroatoms. The Morgan fingerprint density at radius 2 is 1.88 bits per heavy atom. The first-order chi connectivity index (χ1) is 7.93. The first kappa shape index (κ1) is 13.5. The maximum absolute atomic E-state index is 11.9. The largest absolute Gasteiger partial charge is 0.481 e. The maximum atomic E-state index is 11.9. The number of amides is 2. The lowest BCUT2D eigenvalue weighted by molar-refractivity contribution is -0.152. The summed E-state index contributed by atoms with van der Waals surface area (Å²) in [5.41, 5.74) is 5.09. The molecule has 0 bridgehead atoms. The Balaban J connectivity index is 2.77. The number of aliphatic carboxylic acids is 1. The van der Waals surface area contributed by atoms with Crippen LogP contribution in [0.3, 0.4) is 0 Å². The van der Waals surface area contributed by atoms with E-state index >= 15 is 0 Å². The fourth-order valence-electron chi connectivity index (χ4n) is 2.13. The minimum absolute atomic E-state index is 0.0446. The molecule has 1 aliphatic carbocycles. The van der Waals surface area contributed by atoms with E-state index in [9.17, 15) is 14.4 Å². The van der Waals surface area contributed by atoms with E-state index < -0.39 is 23.7 Å². The predicted octanol–water partition coefficient (Wildman–Crippen LogP) is -0.0364. The zero-order chi connectivity index (χ0) is 13.0. The molecule has 0 aromatic carbocycles. The van der Waals surface area contributed by atoms with E-state index in [1.165, 1.54) is 11.8 Å². The highest BCUT2D eigenvalue weighted by Crippen LogP contribution is 2.24. The van der Waals surface area contributed by atoms with Gasteiger partial charge in [-0.3, -0.25) is 14.4 Å². The SMILES string of the molecule is CC(C(=O)O)C(=O)N(CC(N)=O)C1CCCC1. The third-order valence-electron chi connectivity index (χ3n) is 3.12.